The quantitative estimate of drug-likeness (QED) is 0.848. The topological polar surface area (TPSA) is 46.6 Å². The van der Waals surface area contributed by atoms with Gasteiger partial charge >= 0.3 is 0 Å². The van der Waals surface area contributed by atoms with Crippen LogP contribution in [0.15, 0.2) is 47.4 Å². The van der Waals surface area contributed by atoms with Gasteiger partial charge in [-0.1, -0.05) is 31.5 Å². The van der Waals surface area contributed by atoms with Crippen LogP contribution in [0.2, 0.25) is 0 Å². The maximum atomic E-state index is 13.1. The molecule has 1 heterocycles. The minimum absolute atomic E-state index is 0.0941. The molecule has 0 aliphatic carbocycles. The second-order valence-corrected chi connectivity index (χ2v) is 8.77. The van der Waals surface area contributed by atoms with E-state index in [1.165, 1.54) is 4.31 Å². The number of anilines is 1. The smallest absolute Gasteiger partial charge is 0.264 e. The molecule has 0 N–H and O–H groups in total. The summed E-state index contributed by atoms with van der Waals surface area (Å²) >= 11 is 0. The number of rotatable bonds is 3. The molecule has 0 amide bonds. The Balaban J connectivity index is 2.12. The van der Waals surface area contributed by atoms with Gasteiger partial charge in [0.05, 0.1) is 17.7 Å². The summed E-state index contributed by atoms with van der Waals surface area (Å²) in [5.74, 6) is 0.747. The fourth-order valence-corrected chi connectivity index (χ4v) is 4.61. The lowest BCUT2D eigenvalue weighted by molar-refractivity contribution is 0.409. The van der Waals surface area contributed by atoms with Crippen LogP contribution in [0.1, 0.15) is 31.4 Å². The van der Waals surface area contributed by atoms with Gasteiger partial charge in [-0.05, 0) is 54.7 Å². The number of nitrogens with zero attached hydrogens (tertiary/aromatic N) is 1. The fourth-order valence-electron chi connectivity index (χ4n) is 3.12. The van der Waals surface area contributed by atoms with Gasteiger partial charge in [0.15, 0.2) is 0 Å². The molecule has 24 heavy (non-hydrogen) atoms. The third kappa shape index (κ3) is 2.77. The van der Waals surface area contributed by atoms with Crippen LogP contribution in [0.4, 0.5) is 5.69 Å². The third-order valence-electron chi connectivity index (χ3n) is 4.75. The van der Waals surface area contributed by atoms with Crippen molar-refractivity contribution >= 4 is 15.7 Å². The molecule has 2 aromatic carbocycles. The molecule has 2 aromatic rings. The monoisotopic (exact) mass is 345 g/mol. The fraction of sp³-hybridized carbons (Fsp3) is 0.368. The summed E-state index contributed by atoms with van der Waals surface area (Å²) in [6.45, 7) is 6.70. The lowest BCUT2D eigenvalue weighted by atomic mass is 9.78. The van der Waals surface area contributed by atoms with Crippen molar-refractivity contribution in [2.75, 3.05) is 18.0 Å². The highest BCUT2D eigenvalue weighted by molar-refractivity contribution is 7.92. The Hall–Kier alpha value is -2.01. The predicted molar refractivity (Wildman–Crippen MR) is 96.3 cm³/mol. The van der Waals surface area contributed by atoms with Gasteiger partial charge in [0, 0.05) is 6.54 Å². The summed E-state index contributed by atoms with van der Waals surface area (Å²) in [4.78, 5) is 0.328. The predicted octanol–water partition coefficient (Wildman–Crippen LogP) is 3.88. The van der Waals surface area contributed by atoms with Gasteiger partial charge in [0.1, 0.15) is 5.75 Å². The van der Waals surface area contributed by atoms with E-state index in [9.17, 15) is 8.42 Å². The van der Waals surface area contributed by atoms with E-state index in [4.69, 9.17) is 4.74 Å². The average Bonchev–Trinajstić information content (AvgIpc) is 2.54. The SMILES string of the molecule is COc1ccc2c(c1)C(C)(C)CCN2S(=O)(=O)c1ccc(C)cc1. The number of fused-ring (bicyclic) bond motifs is 1. The van der Waals surface area contributed by atoms with Gasteiger partial charge in [-0.15, -0.1) is 0 Å². The molecule has 0 saturated carbocycles. The van der Waals surface area contributed by atoms with Crippen LogP contribution < -0.4 is 9.04 Å². The molecule has 128 valence electrons. The molecule has 4 nitrogen and oxygen atoms in total. The Morgan fingerprint density at radius 3 is 2.38 bits per heavy atom. The Bertz CT molecular complexity index is 855. The van der Waals surface area contributed by atoms with E-state index < -0.39 is 10.0 Å². The molecule has 1 aliphatic rings. The number of benzene rings is 2. The van der Waals surface area contributed by atoms with Gasteiger partial charge in [0.25, 0.3) is 10.0 Å². The zero-order valence-electron chi connectivity index (χ0n) is 14.5. The van der Waals surface area contributed by atoms with Crippen LogP contribution in [-0.4, -0.2) is 22.1 Å². The number of sulfonamides is 1. The Labute approximate surface area is 144 Å². The molecule has 5 heteroatoms. The highest BCUT2D eigenvalue weighted by Crippen LogP contribution is 2.43. The van der Waals surface area contributed by atoms with Crippen molar-refractivity contribution in [3.8, 4) is 5.75 Å². The molecular formula is C19H23NO3S. The second-order valence-electron chi connectivity index (χ2n) is 6.91. The highest BCUT2D eigenvalue weighted by Gasteiger charge is 2.37. The van der Waals surface area contributed by atoms with Crippen molar-refractivity contribution in [1.82, 2.24) is 0 Å². The number of methoxy groups -OCH3 is 1. The third-order valence-corrected chi connectivity index (χ3v) is 6.58. The molecule has 1 aliphatic heterocycles. The molecule has 0 spiro atoms. The van der Waals surface area contributed by atoms with Crippen LogP contribution in [0.3, 0.4) is 0 Å². The van der Waals surface area contributed by atoms with Crippen molar-refractivity contribution in [2.24, 2.45) is 0 Å². The minimum Gasteiger partial charge on any atom is -0.497 e. The van der Waals surface area contributed by atoms with E-state index in [1.54, 1.807) is 19.2 Å². The minimum atomic E-state index is -3.57. The molecule has 0 saturated heterocycles. The first-order valence-electron chi connectivity index (χ1n) is 8.04. The largest absolute Gasteiger partial charge is 0.497 e. The van der Waals surface area contributed by atoms with E-state index in [-0.39, 0.29) is 5.41 Å². The summed E-state index contributed by atoms with van der Waals surface area (Å²) in [6.07, 6.45) is 0.762. The molecule has 0 fully saturated rings. The van der Waals surface area contributed by atoms with E-state index in [1.807, 2.05) is 37.3 Å². The maximum Gasteiger partial charge on any atom is 0.264 e. The average molecular weight is 345 g/mol. The summed E-state index contributed by atoms with van der Waals surface area (Å²) in [7, 11) is -1.95. The zero-order chi connectivity index (χ0) is 17.5. The second kappa shape index (κ2) is 5.81. The van der Waals surface area contributed by atoms with Gasteiger partial charge in [0.2, 0.25) is 0 Å². The first-order valence-corrected chi connectivity index (χ1v) is 9.48. The molecule has 0 unspecified atom stereocenters. The van der Waals surface area contributed by atoms with E-state index in [0.717, 1.165) is 29.0 Å². The molecule has 0 radical (unpaired) electrons. The number of ether oxygens (including phenoxy) is 1. The molecular weight excluding hydrogens is 322 g/mol. The summed E-state index contributed by atoms with van der Waals surface area (Å²) < 4.78 is 33.1. The number of hydrogen-bond acceptors (Lipinski definition) is 3. The van der Waals surface area contributed by atoms with Crippen LogP contribution >= 0.6 is 0 Å². The summed E-state index contributed by atoms with van der Waals surface area (Å²) in [5.41, 5.74) is 2.69. The molecule has 0 bridgehead atoms. The standard InChI is InChI=1S/C19H23NO3S/c1-14-5-8-16(9-6-14)24(21,22)20-12-11-19(2,3)17-13-15(23-4)7-10-18(17)20/h5-10,13H,11-12H2,1-4H3. The Morgan fingerprint density at radius 1 is 1.08 bits per heavy atom. The maximum absolute atomic E-state index is 13.1. The Kier molecular flexibility index (Phi) is 4.08. The Morgan fingerprint density at radius 2 is 1.75 bits per heavy atom. The highest BCUT2D eigenvalue weighted by atomic mass is 32.2. The van der Waals surface area contributed by atoms with Crippen molar-refractivity contribution in [3.63, 3.8) is 0 Å². The van der Waals surface area contributed by atoms with Crippen molar-refractivity contribution in [1.29, 1.82) is 0 Å². The number of hydrogen-bond donors (Lipinski definition) is 0. The lowest BCUT2D eigenvalue weighted by Gasteiger charge is -2.39. The summed E-state index contributed by atoms with van der Waals surface area (Å²) in [5, 5.41) is 0. The summed E-state index contributed by atoms with van der Waals surface area (Å²) in [6, 6.07) is 12.6. The van der Waals surface area contributed by atoms with Gasteiger partial charge < -0.3 is 4.74 Å². The zero-order valence-corrected chi connectivity index (χ0v) is 15.4. The van der Waals surface area contributed by atoms with Gasteiger partial charge in [-0.3, -0.25) is 4.31 Å². The number of aryl methyl sites for hydroxylation is 1. The van der Waals surface area contributed by atoms with Crippen LogP contribution in [0.25, 0.3) is 0 Å². The van der Waals surface area contributed by atoms with Gasteiger partial charge in [-0.2, -0.15) is 0 Å². The normalized spacial score (nSPS) is 16.6. The van der Waals surface area contributed by atoms with Crippen molar-refractivity contribution < 1.29 is 13.2 Å². The van der Waals surface area contributed by atoms with Crippen LogP contribution in [0, 0.1) is 6.92 Å². The van der Waals surface area contributed by atoms with E-state index in [2.05, 4.69) is 13.8 Å². The lowest BCUT2D eigenvalue weighted by Crippen LogP contribution is -2.41. The van der Waals surface area contributed by atoms with E-state index >= 15 is 0 Å². The van der Waals surface area contributed by atoms with Gasteiger partial charge in [-0.25, -0.2) is 8.42 Å². The van der Waals surface area contributed by atoms with Crippen LogP contribution in [0.5, 0.6) is 5.75 Å². The van der Waals surface area contributed by atoms with Crippen molar-refractivity contribution in [2.45, 2.75) is 37.5 Å². The molecule has 3 rings (SSSR count). The first-order chi connectivity index (χ1) is 11.3. The molecule has 0 aromatic heterocycles. The molecule has 0 atom stereocenters. The first kappa shape index (κ1) is 16.8. The van der Waals surface area contributed by atoms with E-state index in [0.29, 0.717) is 11.4 Å². The van der Waals surface area contributed by atoms with Crippen LogP contribution in [-0.2, 0) is 15.4 Å². The van der Waals surface area contributed by atoms with Crippen molar-refractivity contribution in [3.05, 3.63) is 53.6 Å².